The van der Waals surface area contributed by atoms with E-state index in [0.717, 1.165) is 24.9 Å². The smallest absolute Gasteiger partial charge is 0.136 e. The number of nitrogens with one attached hydrogen (secondary N) is 1. The van der Waals surface area contributed by atoms with E-state index in [4.69, 9.17) is 5.53 Å². The van der Waals surface area contributed by atoms with Gasteiger partial charge in [0.2, 0.25) is 0 Å². The molecule has 0 aromatic heterocycles. The molecule has 0 heterocycles. The van der Waals surface area contributed by atoms with Crippen molar-refractivity contribution in [3.8, 4) is 0 Å². The van der Waals surface area contributed by atoms with Gasteiger partial charge in [-0.05, 0) is 69.4 Å². The van der Waals surface area contributed by atoms with Crippen molar-refractivity contribution in [3.63, 3.8) is 0 Å². The average Bonchev–Trinajstić information content (AvgIpc) is 2.64. The molecule has 25 heavy (non-hydrogen) atoms. The second-order valence-electron chi connectivity index (χ2n) is 7.32. The number of carbonyl (C=O) groups excluding carboxylic acids is 1. The van der Waals surface area contributed by atoms with E-state index >= 15 is 0 Å². The molecule has 0 saturated heterocycles. The fraction of sp³-hybridized carbons (Fsp3) is 0.944. The lowest BCUT2D eigenvalue weighted by Crippen LogP contribution is -2.95. The number of hydrogen-bond donors (Lipinski definition) is 2. The second-order valence-corrected chi connectivity index (χ2v) is 7.32. The Morgan fingerprint density at radius 3 is 2.08 bits per heavy atom. The Morgan fingerprint density at radius 1 is 1.16 bits per heavy atom. The molecule has 0 aromatic carbocycles. The van der Waals surface area contributed by atoms with Crippen LogP contribution in [0, 0.1) is 0 Å². The van der Waals surface area contributed by atoms with Gasteiger partial charge in [-0.15, -0.1) is 5.53 Å². The number of carbonyl (C=O) groups is 1. The number of carboxylic acid groups (broad SMARTS) is 1. The number of rotatable bonds is 8. The standard InChI is InChI=1S/C12H23N.C6H12N4O2/c1-3-7-11(8-4-1)13-12-9-5-2-6-10-12;1-2-3-4-5(6(11)12)8-10-9-7/h11-13H,1-10H2;5,8H,2-4H2,1H3,(H,11,12)/t;5-/m.0/s1. The van der Waals surface area contributed by atoms with Gasteiger partial charge in [0.05, 0.1) is 18.1 Å². The van der Waals surface area contributed by atoms with Crippen LogP contribution in [0.2, 0.25) is 0 Å². The van der Waals surface area contributed by atoms with Gasteiger partial charge in [0.1, 0.15) is 6.04 Å². The van der Waals surface area contributed by atoms with Gasteiger partial charge in [0.25, 0.3) is 0 Å². The van der Waals surface area contributed by atoms with Crippen molar-refractivity contribution >= 4 is 5.97 Å². The average molecular weight is 354 g/mol. The van der Waals surface area contributed by atoms with Crippen molar-refractivity contribution in [1.29, 1.82) is 0 Å². The molecule has 7 heteroatoms. The summed E-state index contributed by atoms with van der Waals surface area (Å²) < 4.78 is 0. The SMILES string of the molecule is C1CCC([NH2+]C2CCCCC2)CC1.CCCC[C@H](NN=[N+]=[N-])C(=O)[O-]. The van der Waals surface area contributed by atoms with Crippen LogP contribution in [0.4, 0.5) is 0 Å². The zero-order chi connectivity index (χ0) is 18.3. The van der Waals surface area contributed by atoms with Crippen LogP contribution in [-0.2, 0) is 4.79 Å². The first kappa shape index (κ1) is 21.6. The van der Waals surface area contributed by atoms with Crippen molar-refractivity contribution in [2.24, 2.45) is 5.22 Å². The number of hydrogen-bond acceptors (Lipinski definition) is 3. The van der Waals surface area contributed by atoms with Gasteiger partial charge in [-0.25, -0.2) is 0 Å². The largest absolute Gasteiger partial charge is 0.546 e. The minimum Gasteiger partial charge on any atom is -0.546 e. The Kier molecular flexibility index (Phi) is 11.9. The van der Waals surface area contributed by atoms with Gasteiger partial charge < -0.3 is 15.2 Å². The molecular formula is C18H35N5O2. The summed E-state index contributed by atoms with van der Waals surface area (Å²) in [6.07, 6.45) is 17.0. The molecule has 2 aliphatic rings. The molecule has 2 rings (SSSR count). The van der Waals surface area contributed by atoms with Crippen LogP contribution in [0.3, 0.4) is 0 Å². The van der Waals surface area contributed by atoms with E-state index in [-0.39, 0.29) is 0 Å². The lowest BCUT2D eigenvalue weighted by molar-refractivity contribution is -0.725. The summed E-state index contributed by atoms with van der Waals surface area (Å²) in [6.45, 7) is 1.94. The van der Waals surface area contributed by atoms with Gasteiger partial charge in [0, 0.05) is 0 Å². The quantitative estimate of drug-likeness (QED) is 0.302. The molecule has 0 radical (unpaired) electrons. The van der Waals surface area contributed by atoms with Gasteiger partial charge in [-0.1, -0.05) is 26.2 Å². The number of nitrogens with zero attached hydrogens (tertiary/aromatic N) is 3. The lowest BCUT2D eigenvalue weighted by atomic mass is 9.91. The van der Waals surface area contributed by atoms with Crippen LogP contribution in [-0.4, -0.2) is 24.1 Å². The fourth-order valence-corrected chi connectivity index (χ4v) is 3.78. The van der Waals surface area contributed by atoms with Gasteiger partial charge in [0.15, 0.2) is 0 Å². The van der Waals surface area contributed by atoms with E-state index in [1.165, 1.54) is 64.2 Å². The highest BCUT2D eigenvalue weighted by Crippen LogP contribution is 2.18. The van der Waals surface area contributed by atoms with Crippen LogP contribution in [0.5, 0.6) is 0 Å². The van der Waals surface area contributed by atoms with E-state index < -0.39 is 12.0 Å². The maximum Gasteiger partial charge on any atom is 0.136 e. The van der Waals surface area contributed by atoms with E-state index in [9.17, 15) is 9.90 Å². The van der Waals surface area contributed by atoms with Crippen LogP contribution in [0.25, 0.3) is 10.4 Å². The van der Waals surface area contributed by atoms with E-state index in [1.54, 1.807) is 0 Å². The zero-order valence-corrected chi connectivity index (χ0v) is 15.7. The molecule has 0 aromatic rings. The molecule has 2 saturated carbocycles. The summed E-state index contributed by atoms with van der Waals surface area (Å²) in [7, 11) is 0. The predicted molar refractivity (Wildman–Crippen MR) is 96.3 cm³/mol. The van der Waals surface area contributed by atoms with Gasteiger partial charge in [-0.2, -0.15) is 4.91 Å². The maximum absolute atomic E-state index is 10.4. The van der Waals surface area contributed by atoms with Crippen LogP contribution in [0.1, 0.15) is 90.4 Å². The number of quaternary nitrogens is 1. The van der Waals surface area contributed by atoms with E-state index in [0.29, 0.717) is 6.42 Å². The van der Waals surface area contributed by atoms with Crippen LogP contribution in [0.15, 0.2) is 5.22 Å². The Bertz CT molecular complexity index is 384. The predicted octanol–water partition coefficient (Wildman–Crippen LogP) is 2.33. The third-order valence-corrected chi connectivity index (χ3v) is 5.23. The Morgan fingerprint density at radius 2 is 1.68 bits per heavy atom. The van der Waals surface area contributed by atoms with Crippen LogP contribution < -0.4 is 15.8 Å². The number of aliphatic carboxylic acids is 1. The summed E-state index contributed by atoms with van der Waals surface area (Å²) in [5.74, 6) is -1.24. The summed E-state index contributed by atoms with van der Waals surface area (Å²) in [5, 5.41) is 16.0. The zero-order valence-electron chi connectivity index (χ0n) is 15.7. The minimum absolute atomic E-state index is 0.415. The first-order valence-electron chi connectivity index (χ1n) is 10.0. The Balaban J connectivity index is 0.000000252. The number of unbranched alkanes of at least 4 members (excludes halogenated alkanes) is 1. The highest BCUT2D eigenvalue weighted by Gasteiger charge is 2.22. The third kappa shape index (κ3) is 10.2. The molecule has 144 valence electrons. The normalized spacial score (nSPS) is 19.9. The maximum atomic E-state index is 10.4. The number of carboxylic acids is 1. The highest BCUT2D eigenvalue weighted by atomic mass is 16.4. The summed E-state index contributed by atoms with van der Waals surface area (Å²) in [6, 6.07) is 1.12. The molecule has 0 aliphatic heterocycles. The topological polar surface area (TPSA) is 118 Å². The molecule has 0 unspecified atom stereocenters. The Labute approximate surface area is 151 Å². The first-order valence-corrected chi connectivity index (χ1v) is 10.0. The second kappa shape index (κ2) is 13.8. The third-order valence-electron chi connectivity index (χ3n) is 5.23. The van der Waals surface area contributed by atoms with Crippen molar-refractivity contribution in [3.05, 3.63) is 10.4 Å². The summed E-state index contributed by atoms with van der Waals surface area (Å²) in [5.41, 5.74) is 10.1. The molecule has 7 nitrogen and oxygen atoms in total. The first-order chi connectivity index (χ1) is 12.2. The molecule has 0 bridgehead atoms. The van der Waals surface area contributed by atoms with Crippen molar-refractivity contribution in [1.82, 2.24) is 5.43 Å². The summed E-state index contributed by atoms with van der Waals surface area (Å²) in [4.78, 5) is 12.7. The molecule has 3 N–H and O–H groups in total. The molecule has 2 fully saturated rings. The van der Waals surface area contributed by atoms with Gasteiger partial charge >= 0.3 is 0 Å². The van der Waals surface area contributed by atoms with E-state index in [1.807, 2.05) is 6.92 Å². The van der Waals surface area contributed by atoms with E-state index in [2.05, 4.69) is 20.9 Å². The molecule has 0 amide bonds. The lowest BCUT2D eigenvalue weighted by Gasteiger charge is -2.27. The molecule has 1 atom stereocenters. The summed E-state index contributed by atoms with van der Waals surface area (Å²) >= 11 is 0. The number of azide groups is 1. The molecule has 0 spiro atoms. The Hall–Kier alpha value is -1.46. The number of nitrogens with two attached hydrogens (primary N) is 1. The van der Waals surface area contributed by atoms with Crippen LogP contribution >= 0.6 is 0 Å². The van der Waals surface area contributed by atoms with Crippen molar-refractivity contribution in [2.45, 2.75) is 109 Å². The monoisotopic (exact) mass is 353 g/mol. The minimum atomic E-state index is -1.24. The van der Waals surface area contributed by atoms with Crippen molar-refractivity contribution in [2.75, 3.05) is 0 Å². The fourth-order valence-electron chi connectivity index (χ4n) is 3.78. The van der Waals surface area contributed by atoms with Crippen molar-refractivity contribution < 1.29 is 15.2 Å². The van der Waals surface area contributed by atoms with Gasteiger partial charge in [-0.3, -0.25) is 5.43 Å². The molecule has 2 aliphatic carbocycles. The highest BCUT2D eigenvalue weighted by molar-refractivity contribution is 5.70. The molecular weight excluding hydrogens is 318 g/mol.